The Labute approximate surface area is 263 Å². The van der Waals surface area contributed by atoms with Crippen LogP contribution in [-0.2, 0) is 10.8 Å². The molecule has 0 aliphatic heterocycles. The molecule has 5 aromatic carbocycles. The van der Waals surface area contributed by atoms with E-state index in [9.17, 15) is 0 Å². The fraction of sp³-hybridized carbons (Fsp3) is 0.200. The fourth-order valence-electron chi connectivity index (χ4n) is 8.30. The predicted octanol–water partition coefficient (Wildman–Crippen LogP) is 9.88. The second kappa shape index (κ2) is 7.53. The summed E-state index contributed by atoms with van der Waals surface area (Å²) in [6.07, 6.45) is 0. The highest BCUT2D eigenvalue weighted by Crippen LogP contribution is 2.49. The van der Waals surface area contributed by atoms with Gasteiger partial charge >= 0.3 is 0 Å². The van der Waals surface area contributed by atoms with Gasteiger partial charge in [0.15, 0.2) is 0 Å². The molecule has 6 heteroatoms. The summed E-state index contributed by atoms with van der Waals surface area (Å²) in [4.78, 5) is 10.6. The van der Waals surface area contributed by atoms with Crippen molar-refractivity contribution in [3.8, 4) is 0 Å². The van der Waals surface area contributed by atoms with Crippen LogP contribution in [0.15, 0.2) is 84.9 Å². The smallest absolute Gasteiger partial charge is 0.220 e. The number of benzene rings is 5. The summed E-state index contributed by atoms with van der Waals surface area (Å²) < 4.78 is 9.69. The zero-order valence-electron chi connectivity index (χ0n) is 26.8. The SMILES string of the molecule is CC(C)(C)c1ccc2c(c1)c1c3c4c(c5cc(C(C)(C)C)ccc5n4c4nc5ccccc5n34)c3c1n2c1nc2ccccc2n31. The molecule has 0 N–H and O–H groups in total. The van der Waals surface area contributed by atoms with Gasteiger partial charge in [-0.2, -0.15) is 0 Å². The summed E-state index contributed by atoms with van der Waals surface area (Å²) >= 11 is 0. The maximum Gasteiger partial charge on any atom is 0.220 e. The molecule has 0 saturated carbocycles. The zero-order chi connectivity index (χ0) is 31.0. The molecule has 0 saturated heterocycles. The Hall–Kier alpha value is -5.36. The molecule has 11 rings (SSSR count). The largest absolute Gasteiger partial charge is 0.277 e. The van der Waals surface area contributed by atoms with Crippen molar-refractivity contribution in [2.45, 2.75) is 52.4 Å². The lowest BCUT2D eigenvalue weighted by molar-refractivity contribution is 0.591. The molecular formula is C40H32N6. The Morgan fingerprint density at radius 2 is 0.804 bits per heavy atom. The second-order valence-corrected chi connectivity index (χ2v) is 15.3. The Balaban J connectivity index is 1.56. The van der Waals surface area contributed by atoms with E-state index in [0.29, 0.717) is 0 Å². The zero-order valence-corrected chi connectivity index (χ0v) is 26.8. The van der Waals surface area contributed by atoms with Gasteiger partial charge in [0.25, 0.3) is 0 Å². The van der Waals surface area contributed by atoms with Gasteiger partial charge in [0.2, 0.25) is 11.6 Å². The molecule has 11 aromatic rings. The summed E-state index contributed by atoms with van der Waals surface area (Å²) in [5.41, 5.74) is 14.2. The minimum absolute atomic E-state index is 0.0122. The highest BCUT2D eigenvalue weighted by atomic mass is 15.2. The van der Waals surface area contributed by atoms with E-state index >= 15 is 0 Å². The number of hydrogen-bond donors (Lipinski definition) is 0. The summed E-state index contributed by atoms with van der Waals surface area (Å²) in [5.74, 6) is 1.92. The van der Waals surface area contributed by atoms with E-state index in [-0.39, 0.29) is 10.8 Å². The maximum atomic E-state index is 5.31. The first-order chi connectivity index (χ1) is 22.1. The Morgan fingerprint density at radius 3 is 1.20 bits per heavy atom. The van der Waals surface area contributed by atoms with E-state index in [2.05, 4.69) is 144 Å². The van der Waals surface area contributed by atoms with Gasteiger partial charge in [-0.15, -0.1) is 0 Å². The molecule has 0 radical (unpaired) electrons. The Morgan fingerprint density at radius 1 is 0.435 bits per heavy atom. The van der Waals surface area contributed by atoms with Gasteiger partial charge < -0.3 is 0 Å². The average Bonchev–Trinajstić information content (AvgIpc) is 3.83. The lowest BCUT2D eigenvalue weighted by atomic mass is 9.86. The van der Waals surface area contributed by atoms with Crippen molar-refractivity contribution < 1.29 is 0 Å². The molecule has 0 aliphatic rings. The summed E-state index contributed by atoms with van der Waals surface area (Å²) in [6, 6.07) is 31.2. The van der Waals surface area contributed by atoms with Crippen molar-refractivity contribution in [1.82, 2.24) is 27.6 Å². The van der Waals surface area contributed by atoms with Crippen LogP contribution < -0.4 is 0 Å². The standard InChI is InChI=1S/C40H32N6/c1-39(2,3)21-15-17-27-23(19-21)31-33-36(46-30-14-10-8-12-26(30)41-37(46)43(27)33)32-24-20-22(40(4,5)6)16-18-28(24)44-34(32)35(31)45-29-13-9-7-11-25(29)42-38(44)45/h7-20H,1-6H3. The number of fused-ring (bicyclic) bond motifs is 18. The van der Waals surface area contributed by atoms with Crippen molar-refractivity contribution in [2.24, 2.45) is 0 Å². The Kier molecular flexibility index (Phi) is 4.08. The number of nitrogens with zero attached hydrogens (tertiary/aromatic N) is 6. The molecule has 222 valence electrons. The number of aromatic nitrogens is 6. The first-order valence-electron chi connectivity index (χ1n) is 16.2. The van der Waals surface area contributed by atoms with Crippen LogP contribution in [0.4, 0.5) is 0 Å². The molecule has 6 heterocycles. The van der Waals surface area contributed by atoms with Gasteiger partial charge in [-0.25, -0.2) is 9.97 Å². The van der Waals surface area contributed by atoms with Crippen LogP contribution in [-0.4, -0.2) is 27.6 Å². The van der Waals surface area contributed by atoms with E-state index in [1.807, 2.05) is 0 Å². The van der Waals surface area contributed by atoms with Crippen LogP contribution in [0.2, 0.25) is 0 Å². The topological polar surface area (TPSA) is 43.4 Å². The highest BCUT2D eigenvalue weighted by Gasteiger charge is 2.32. The van der Waals surface area contributed by atoms with Gasteiger partial charge in [-0.3, -0.25) is 17.6 Å². The maximum absolute atomic E-state index is 5.31. The fourth-order valence-corrected chi connectivity index (χ4v) is 8.30. The average molecular weight is 597 g/mol. The van der Waals surface area contributed by atoms with Gasteiger partial charge in [-0.05, 0) is 70.5 Å². The van der Waals surface area contributed by atoms with Crippen LogP contribution in [0.5, 0.6) is 0 Å². The number of rotatable bonds is 0. The van der Waals surface area contributed by atoms with Crippen LogP contribution in [0, 0.1) is 0 Å². The van der Waals surface area contributed by atoms with E-state index in [1.165, 1.54) is 65.8 Å². The van der Waals surface area contributed by atoms with Crippen LogP contribution in [0.3, 0.4) is 0 Å². The lowest BCUT2D eigenvalue weighted by Crippen LogP contribution is -2.10. The minimum Gasteiger partial charge on any atom is -0.277 e. The molecule has 46 heavy (non-hydrogen) atoms. The summed E-state index contributed by atoms with van der Waals surface area (Å²) in [5, 5.41) is 5.05. The van der Waals surface area contributed by atoms with E-state index < -0.39 is 0 Å². The summed E-state index contributed by atoms with van der Waals surface area (Å²) in [7, 11) is 0. The number of hydrogen-bond acceptors (Lipinski definition) is 2. The van der Waals surface area contributed by atoms with Crippen molar-refractivity contribution in [1.29, 1.82) is 0 Å². The van der Waals surface area contributed by atoms with Gasteiger partial charge in [-0.1, -0.05) is 77.9 Å². The monoisotopic (exact) mass is 596 g/mol. The molecule has 6 aromatic heterocycles. The lowest BCUT2D eigenvalue weighted by Gasteiger charge is -2.19. The molecule has 0 amide bonds. The van der Waals surface area contributed by atoms with E-state index in [1.54, 1.807) is 0 Å². The van der Waals surface area contributed by atoms with Crippen LogP contribution in [0.25, 0.3) is 88.3 Å². The summed E-state index contributed by atoms with van der Waals surface area (Å²) in [6.45, 7) is 13.8. The normalized spacial score (nSPS) is 13.9. The number of imidazole rings is 4. The third-order valence-corrected chi connectivity index (χ3v) is 10.5. The molecule has 0 unspecified atom stereocenters. The van der Waals surface area contributed by atoms with E-state index in [0.717, 1.165) is 33.6 Å². The Bertz CT molecular complexity index is 2880. The van der Waals surface area contributed by atoms with Crippen molar-refractivity contribution in [3.63, 3.8) is 0 Å². The van der Waals surface area contributed by atoms with Crippen molar-refractivity contribution in [2.75, 3.05) is 0 Å². The predicted molar refractivity (Wildman–Crippen MR) is 191 cm³/mol. The third kappa shape index (κ3) is 2.69. The van der Waals surface area contributed by atoms with Gasteiger partial charge in [0.1, 0.15) is 0 Å². The molecule has 0 atom stereocenters. The first kappa shape index (κ1) is 24.9. The molecular weight excluding hydrogens is 564 g/mol. The third-order valence-electron chi connectivity index (χ3n) is 10.5. The van der Waals surface area contributed by atoms with Crippen LogP contribution >= 0.6 is 0 Å². The number of para-hydroxylation sites is 4. The molecule has 0 bridgehead atoms. The van der Waals surface area contributed by atoms with Gasteiger partial charge in [0.05, 0.1) is 55.2 Å². The highest BCUT2D eigenvalue weighted by molar-refractivity contribution is 6.37. The first-order valence-corrected chi connectivity index (χ1v) is 16.2. The van der Waals surface area contributed by atoms with Crippen molar-refractivity contribution in [3.05, 3.63) is 96.1 Å². The molecule has 0 fully saturated rings. The molecule has 6 nitrogen and oxygen atoms in total. The quantitative estimate of drug-likeness (QED) is 0.175. The van der Waals surface area contributed by atoms with Gasteiger partial charge in [0, 0.05) is 21.5 Å². The molecule has 0 aliphatic carbocycles. The minimum atomic E-state index is 0.0122. The van der Waals surface area contributed by atoms with E-state index in [4.69, 9.17) is 9.97 Å². The van der Waals surface area contributed by atoms with Crippen molar-refractivity contribution >= 4 is 88.3 Å². The molecule has 0 spiro atoms. The van der Waals surface area contributed by atoms with Crippen LogP contribution in [0.1, 0.15) is 52.7 Å². The second-order valence-electron chi connectivity index (χ2n) is 15.3.